The third-order valence-corrected chi connectivity index (χ3v) is 6.42. The van der Waals surface area contributed by atoms with Gasteiger partial charge in [0.1, 0.15) is 22.2 Å². The molecule has 0 bridgehead atoms. The zero-order valence-electron chi connectivity index (χ0n) is 15.8. The number of fused-ring (bicyclic) bond motifs is 3. The molecular formula is C22H14BrN5O2S. The molecular weight excluding hydrogens is 478 g/mol. The summed E-state index contributed by atoms with van der Waals surface area (Å²) < 4.78 is 10.1. The highest BCUT2D eigenvalue weighted by molar-refractivity contribution is 9.10. The van der Waals surface area contributed by atoms with E-state index < -0.39 is 5.92 Å². The van der Waals surface area contributed by atoms with Gasteiger partial charge < -0.3 is 15.8 Å². The van der Waals surface area contributed by atoms with Crippen molar-refractivity contribution in [2.24, 2.45) is 5.73 Å². The number of pyridine rings is 1. The Bertz CT molecular complexity index is 1440. The first-order valence-corrected chi connectivity index (χ1v) is 10.9. The number of allylic oxidation sites excluding steroid dienone is 1. The number of nitriles is 1. The molecule has 0 radical (unpaired) electrons. The van der Waals surface area contributed by atoms with Crippen LogP contribution in [0.15, 0.2) is 75.3 Å². The van der Waals surface area contributed by atoms with Crippen molar-refractivity contribution < 1.29 is 4.74 Å². The second-order valence-corrected chi connectivity index (χ2v) is 8.61. The van der Waals surface area contributed by atoms with Gasteiger partial charge in [0.05, 0.1) is 11.5 Å². The first-order valence-electron chi connectivity index (χ1n) is 9.27. The quantitative estimate of drug-likeness (QED) is 0.382. The zero-order valence-corrected chi connectivity index (χ0v) is 18.3. The van der Waals surface area contributed by atoms with Crippen LogP contribution < -0.4 is 21.3 Å². The number of hydrogen-bond acceptors (Lipinski definition) is 7. The minimum Gasteiger partial charge on any atom is -0.438 e. The third kappa shape index (κ3) is 3.26. The summed E-state index contributed by atoms with van der Waals surface area (Å²) in [5.41, 5.74) is 8.69. The highest BCUT2D eigenvalue weighted by atomic mass is 79.9. The Morgan fingerprint density at radius 1 is 1.19 bits per heavy atom. The Labute approximate surface area is 189 Å². The molecule has 9 heteroatoms. The number of H-pyrrole nitrogens is 1. The number of aromatic nitrogens is 2. The monoisotopic (exact) mass is 491 g/mol. The van der Waals surface area contributed by atoms with Crippen molar-refractivity contribution in [1.82, 2.24) is 9.36 Å². The molecule has 3 heterocycles. The molecule has 0 fully saturated rings. The highest BCUT2D eigenvalue weighted by Crippen LogP contribution is 2.49. The smallest absolute Gasteiger partial charge is 0.284 e. The molecule has 1 atom stereocenters. The molecule has 1 aliphatic rings. The summed E-state index contributed by atoms with van der Waals surface area (Å²) in [5.74, 6) is 0.367. The van der Waals surface area contributed by atoms with Gasteiger partial charge in [-0.25, -0.2) is 4.98 Å². The number of para-hydroxylation sites is 1. The lowest BCUT2D eigenvalue weighted by atomic mass is 9.83. The Morgan fingerprint density at radius 2 is 1.94 bits per heavy atom. The van der Waals surface area contributed by atoms with Gasteiger partial charge >= 0.3 is 0 Å². The fraction of sp³-hybridized carbons (Fsp3) is 0.0455. The molecule has 0 unspecified atom stereocenters. The molecule has 0 saturated carbocycles. The Kier molecular flexibility index (Phi) is 4.73. The number of anilines is 2. The molecule has 0 amide bonds. The summed E-state index contributed by atoms with van der Waals surface area (Å²) in [6.45, 7) is 0. The number of hydrogen-bond donors (Lipinski definition) is 3. The van der Waals surface area contributed by atoms with Crippen molar-refractivity contribution in [2.45, 2.75) is 5.92 Å². The molecule has 0 aliphatic carbocycles. The minimum atomic E-state index is -0.512. The molecule has 2 aromatic carbocycles. The van der Waals surface area contributed by atoms with E-state index in [1.807, 2.05) is 54.6 Å². The van der Waals surface area contributed by atoms with Gasteiger partial charge in [-0.3, -0.25) is 9.17 Å². The lowest BCUT2D eigenvalue weighted by Gasteiger charge is -2.28. The van der Waals surface area contributed by atoms with Crippen LogP contribution in [-0.2, 0) is 0 Å². The number of halogens is 1. The van der Waals surface area contributed by atoms with E-state index in [0.29, 0.717) is 21.8 Å². The van der Waals surface area contributed by atoms with Gasteiger partial charge in [0.15, 0.2) is 11.3 Å². The summed E-state index contributed by atoms with van der Waals surface area (Å²) >= 11 is 4.58. The van der Waals surface area contributed by atoms with Crippen LogP contribution in [0.4, 0.5) is 11.5 Å². The summed E-state index contributed by atoms with van der Waals surface area (Å²) in [4.78, 5) is 17.0. The molecule has 0 spiro atoms. The number of ether oxygens (including phenoxy) is 1. The van der Waals surface area contributed by atoms with Gasteiger partial charge in [-0.15, -0.1) is 0 Å². The predicted molar refractivity (Wildman–Crippen MR) is 123 cm³/mol. The van der Waals surface area contributed by atoms with E-state index in [1.165, 1.54) is 0 Å². The van der Waals surface area contributed by atoms with Gasteiger partial charge in [0.2, 0.25) is 5.88 Å². The average molecular weight is 492 g/mol. The molecule has 7 nitrogen and oxygen atoms in total. The first-order chi connectivity index (χ1) is 15.1. The van der Waals surface area contributed by atoms with Crippen molar-refractivity contribution in [2.75, 3.05) is 5.32 Å². The van der Waals surface area contributed by atoms with Gasteiger partial charge in [-0.2, -0.15) is 5.26 Å². The fourth-order valence-electron chi connectivity index (χ4n) is 3.64. The van der Waals surface area contributed by atoms with Crippen LogP contribution >= 0.6 is 27.5 Å². The molecule has 31 heavy (non-hydrogen) atoms. The fourth-order valence-corrected chi connectivity index (χ4v) is 4.67. The van der Waals surface area contributed by atoms with E-state index in [2.05, 4.69) is 36.7 Å². The van der Waals surface area contributed by atoms with E-state index in [1.54, 1.807) is 0 Å². The van der Waals surface area contributed by atoms with Crippen LogP contribution in [-0.4, -0.2) is 9.36 Å². The number of aromatic amines is 1. The average Bonchev–Trinajstić information content (AvgIpc) is 3.15. The summed E-state index contributed by atoms with van der Waals surface area (Å²) in [6, 6.07) is 19.3. The van der Waals surface area contributed by atoms with Crippen LogP contribution in [0, 0.1) is 11.3 Å². The Balaban J connectivity index is 1.82. The van der Waals surface area contributed by atoms with E-state index in [0.717, 1.165) is 27.3 Å². The van der Waals surface area contributed by atoms with Crippen LogP contribution in [0.5, 0.6) is 5.75 Å². The van der Waals surface area contributed by atoms with Crippen molar-refractivity contribution >= 4 is 49.2 Å². The van der Waals surface area contributed by atoms with E-state index in [9.17, 15) is 10.1 Å². The normalized spacial score (nSPS) is 15.3. The van der Waals surface area contributed by atoms with Crippen LogP contribution in [0.3, 0.4) is 0 Å². The number of nitrogens with two attached hydrogens (primary N) is 1. The van der Waals surface area contributed by atoms with Crippen molar-refractivity contribution in [3.8, 4) is 11.8 Å². The number of benzene rings is 2. The van der Waals surface area contributed by atoms with E-state index in [-0.39, 0.29) is 22.5 Å². The summed E-state index contributed by atoms with van der Waals surface area (Å²) in [5, 5.41) is 13.2. The maximum absolute atomic E-state index is 12.4. The van der Waals surface area contributed by atoms with Crippen molar-refractivity contribution in [3.05, 3.63) is 92.0 Å². The minimum absolute atomic E-state index is 0.0157. The number of nitrogens with one attached hydrogen (secondary N) is 2. The Hall–Kier alpha value is -3.61. The topological polar surface area (TPSA) is 117 Å². The largest absolute Gasteiger partial charge is 0.438 e. The highest BCUT2D eigenvalue weighted by Gasteiger charge is 2.36. The maximum Gasteiger partial charge on any atom is 0.284 e. The maximum atomic E-state index is 12.4. The van der Waals surface area contributed by atoms with Crippen LogP contribution in [0.25, 0.3) is 10.2 Å². The van der Waals surface area contributed by atoms with Gasteiger partial charge in [0, 0.05) is 10.2 Å². The SMILES string of the molecule is N#CC1=C(N)Oc2c(c(Nc3ccccc3)nc3c(=O)[nH]sc23)[C@H]1c1ccc(Br)cc1. The predicted octanol–water partition coefficient (Wildman–Crippen LogP) is 4.71. The lowest BCUT2D eigenvalue weighted by molar-refractivity contribution is 0.399. The second-order valence-electron chi connectivity index (χ2n) is 6.88. The molecule has 1 aliphatic heterocycles. The standard InChI is InChI=1S/C22H14BrN5O2S/c23-12-8-6-11(7-9-12)15-14(10-24)20(25)30-18-16(15)21(26-13-4-2-1-3-5-13)27-17-19(18)31-28-22(17)29/h1-9,15H,25H2,(H,26,27)(H,28,29)/t15-/m0/s1. The first kappa shape index (κ1) is 19.4. The molecule has 5 rings (SSSR count). The molecule has 4 N–H and O–H groups in total. The van der Waals surface area contributed by atoms with Crippen LogP contribution in [0.1, 0.15) is 17.0 Å². The molecule has 0 saturated heterocycles. The van der Waals surface area contributed by atoms with Gasteiger partial charge in [0.25, 0.3) is 5.56 Å². The summed E-state index contributed by atoms with van der Waals surface area (Å²) in [7, 11) is 0. The number of rotatable bonds is 3. The Morgan fingerprint density at radius 3 is 2.65 bits per heavy atom. The van der Waals surface area contributed by atoms with E-state index in [4.69, 9.17) is 10.5 Å². The van der Waals surface area contributed by atoms with Crippen molar-refractivity contribution in [1.29, 1.82) is 5.26 Å². The lowest BCUT2D eigenvalue weighted by Crippen LogP contribution is -2.23. The second kappa shape index (κ2) is 7.58. The molecule has 2 aromatic heterocycles. The summed E-state index contributed by atoms with van der Waals surface area (Å²) in [6.07, 6.45) is 0. The van der Waals surface area contributed by atoms with Gasteiger partial charge in [-0.05, 0) is 29.8 Å². The number of nitrogens with zero attached hydrogens (tertiary/aromatic N) is 2. The van der Waals surface area contributed by atoms with Crippen molar-refractivity contribution in [3.63, 3.8) is 0 Å². The van der Waals surface area contributed by atoms with Gasteiger partial charge in [-0.1, -0.05) is 57.8 Å². The zero-order chi connectivity index (χ0) is 21.5. The third-order valence-electron chi connectivity index (χ3n) is 5.02. The molecule has 4 aromatic rings. The van der Waals surface area contributed by atoms with Crippen LogP contribution in [0.2, 0.25) is 0 Å². The molecule has 152 valence electrons. The van der Waals surface area contributed by atoms with E-state index >= 15 is 0 Å².